The lowest BCUT2D eigenvalue weighted by Gasteiger charge is -2.21. The Balaban J connectivity index is 5.25. The van der Waals surface area contributed by atoms with Gasteiger partial charge in [0, 0.05) is 25.7 Å². The van der Waals surface area contributed by atoms with E-state index in [9.17, 15) is 43.2 Å². The number of unbranched alkanes of at least 4 members (excludes halogenated alkanes) is 48. The summed E-state index contributed by atoms with van der Waals surface area (Å²) >= 11 is 0. The second-order valence-corrected chi connectivity index (χ2v) is 32.4. The molecule has 0 spiro atoms. The second kappa shape index (κ2) is 71.7. The van der Waals surface area contributed by atoms with E-state index in [-0.39, 0.29) is 25.7 Å². The molecule has 0 rings (SSSR count). The molecule has 0 aromatic carbocycles. The van der Waals surface area contributed by atoms with Crippen molar-refractivity contribution < 1.29 is 80.2 Å². The Morgan fingerprint density at radius 2 is 0.515 bits per heavy atom. The van der Waals surface area contributed by atoms with Gasteiger partial charge in [0.2, 0.25) is 0 Å². The molecule has 0 aliphatic heterocycles. The summed E-state index contributed by atoms with van der Waals surface area (Å²) in [6.45, 7) is 9.66. The number of phosphoric acid groups is 2. The molecule has 0 saturated carbocycles. The minimum atomic E-state index is -4.96. The van der Waals surface area contributed by atoms with Gasteiger partial charge < -0.3 is 33.8 Å². The van der Waals surface area contributed by atoms with Crippen molar-refractivity contribution >= 4 is 39.5 Å². The Morgan fingerprint density at radius 1 is 0.293 bits per heavy atom. The molecule has 0 radical (unpaired) electrons. The molecule has 17 nitrogen and oxygen atoms in total. The first kappa shape index (κ1) is 97.1. The lowest BCUT2D eigenvalue weighted by Crippen LogP contribution is -2.30. The molecule has 0 aromatic heterocycles. The molecule has 0 aromatic rings. The van der Waals surface area contributed by atoms with Crippen molar-refractivity contribution in [2.45, 2.75) is 439 Å². The van der Waals surface area contributed by atoms with E-state index in [1.807, 2.05) is 0 Å². The van der Waals surface area contributed by atoms with Crippen LogP contribution < -0.4 is 0 Å². The number of hydrogen-bond acceptors (Lipinski definition) is 15. The molecular weight excluding hydrogens is 1290 g/mol. The lowest BCUT2D eigenvalue weighted by atomic mass is 9.99. The summed E-state index contributed by atoms with van der Waals surface area (Å²) in [6.07, 6.45) is 60.9. The van der Waals surface area contributed by atoms with Crippen molar-refractivity contribution in [2.75, 3.05) is 39.6 Å². The van der Waals surface area contributed by atoms with Crippen molar-refractivity contribution in [1.29, 1.82) is 0 Å². The number of phosphoric ester groups is 2. The van der Waals surface area contributed by atoms with E-state index in [1.165, 1.54) is 238 Å². The first-order chi connectivity index (χ1) is 47.9. The maximum absolute atomic E-state index is 13.1. The Kier molecular flexibility index (Phi) is 70.3. The molecular formula is C80H156O17P2. The number of carbonyl (C=O) groups excluding carboxylic acids is 4. The first-order valence-corrected chi connectivity index (χ1v) is 44.5. The highest BCUT2D eigenvalue weighted by atomic mass is 31.2. The molecule has 0 fully saturated rings. The molecule has 99 heavy (non-hydrogen) atoms. The van der Waals surface area contributed by atoms with Crippen molar-refractivity contribution in [2.24, 2.45) is 11.8 Å². The van der Waals surface area contributed by atoms with E-state index in [0.717, 1.165) is 102 Å². The maximum Gasteiger partial charge on any atom is 0.472 e. The molecule has 6 atom stereocenters. The lowest BCUT2D eigenvalue weighted by molar-refractivity contribution is -0.161. The van der Waals surface area contributed by atoms with Crippen LogP contribution in [-0.4, -0.2) is 96.7 Å². The second-order valence-electron chi connectivity index (χ2n) is 29.5. The van der Waals surface area contributed by atoms with Crippen molar-refractivity contribution in [1.82, 2.24) is 0 Å². The molecule has 0 aliphatic rings. The van der Waals surface area contributed by atoms with Gasteiger partial charge in [0.1, 0.15) is 19.3 Å². The van der Waals surface area contributed by atoms with E-state index in [2.05, 4.69) is 41.5 Å². The SMILES string of the molecule is CCCCCCCCCCCCCCCCCCCCCC(=O)O[C@H](COC(=O)CCCCCCCCCCCCCCC(C)C)COP(=O)(O)OC[C@@H](O)COP(=O)(O)OC[C@@H](COC(=O)CCCCCCCCCCCCC)OC(=O)CCCCCCCCCCCCC(C)CC. The summed E-state index contributed by atoms with van der Waals surface area (Å²) in [7, 11) is -9.92. The molecule has 588 valence electrons. The number of aliphatic hydroxyl groups is 1. The van der Waals surface area contributed by atoms with Crippen LogP contribution in [0.5, 0.6) is 0 Å². The third-order valence-corrected chi connectivity index (χ3v) is 21.0. The first-order valence-electron chi connectivity index (χ1n) is 41.5. The zero-order chi connectivity index (χ0) is 72.8. The largest absolute Gasteiger partial charge is 0.472 e. The molecule has 0 heterocycles. The van der Waals surface area contributed by atoms with Crippen LogP contribution in [0.15, 0.2) is 0 Å². The topological polar surface area (TPSA) is 237 Å². The van der Waals surface area contributed by atoms with Crippen molar-refractivity contribution in [3.63, 3.8) is 0 Å². The number of aliphatic hydroxyl groups excluding tert-OH is 1. The standard InChI is InChI=1S/C80H156O17P2/c1-7-10-12-14-16-18-20-21-22-23-24-25-26-27-33-40-46-52-58-64-79(84)96-75(69-91-78(83)63-57-51-45-39-32-29-28-31-36-42-48-54-60-72(4)5)70-94-98(86,87)92-66-74(81)67-93-99(88,89)95-71-76(68-90-77(82)62-56-50-44-38-30-19-17-15-13-11-8-2)97-80(85)65-59-53-47-41-35-34-37-43-49-55-61-73(6)9-3/h72-76,81H,7-71H2,1-6H3,(H,86,87)(H,88,89)/t73?,74-,75-,76-/m1/s1. The highest BCUT2D eigenvalue weighted by molar-refractivity contribution is 7.47. The number of rotatable bonds is 79. The summed E-state index contributed by atoms with van der Waals surface area (Å²) in [4.78, 5) is 73.0. The zero-order valence-electron chi connectivity index (χ0n) is 64.8. The smallest absolute Gasteiger partial charge is 0.462 e. The van der Waals surface area contributed by atoms with E-state index >= 15 is 0 Å². The average Bonchev–Trinajstić information content (AvgIpc) is 2.80. The van der Waals surface area contributed by atoms with Gasteiger partial charge in [0.25, 0.3) is 0 Å². The normalized spacial score (nSPS) is 14.2. The number of carbonyl (C=O) groups is 4. The summed E-state index contributed by atoms with van der Waals surface area (Å²) in [5, 5.41) is 10.6. The number of esters is 4. The van der Waals surface area contributed by atoms with Gasteiger partial charge in [-0.05, 0) is 37.5 Å². The fraction of sp³-hybridized carbons (Fsp3) is 0.950. The van der Waals surface area contributed by atoms with Gasteiger partial charge in [0.15, 0.2) is 12.2 Å². The molecule has 0 aliphatic carbocycles. The van der Waals surface area contributed by atoms with E-state index < -0.39 is 97.5 Å². The van der Waals surface area contributed by atoms with Crippen LogP contribution >= 0.6 is 15.6 Å². The monoisotopic (exact) mass is 1450 g/mol. The molecule has 0 amide bonds. The summed E-state index contributed by atoms with van der Waals surface area (Å²) in [5.74, 6) is -0.524. The average molecular weight is 1450 g/mol. The Morgan fingerprint density at radius 3 is 0.768 bits per heavy atom. The third kappa shape index (κ3) is 72.8. The highest BCUT2D eigenvalue weighted by Gasteiger charge is 2.30. The Hall–Kier alpha value is -1.94. The Labute approximate surface area is 607 Å². The third-order valence-electron chi connectivity index (χ3n) is 19.1. The minimum Gasteiger partial charge on any atom is -0.462 e. The fourth-order valence-corrected chi connectivity index (χ4v) is 13.9. The number of ether oxygens (including phenoxy) is 4. The molecule has 0 saturated heterocycles. The van der Waals surface area contributed by atoms with E-state index in [1.54, 1.807) is 0 Å². The van der Waals surface area contributed by atoms with Crippen LogP contribution in [0.3, 0.4) is 0 Å². The molecule has 3 unspecified atom stereocenters. The van der Waals surface area contributed by atoms with Gasteiger partial charge in [-0.3, -0.25) is 37.3 Å². The van der Waals surface area contributed by atoms with Gasteiger partial charge in [-0.25, -0.2) is 9.13 Å². The molecule has 3 N–H and O–H groups in total. The van der Waals surface area contributed by atoms with Crippen LogP contribution in [0.4, 0.5) is 0 Å². The highest BCUT2D eigenvalue weighted by Crippen LogP contribution is 2.45. The summed E-state index contributed by atoms with van der Waals surface area (Å²) in [6, 6.07) is 0. The Bertz CT molecular complexity index is 1910. The van der Waals surface area contributed by atoms with E-state index in [4.69, 9.17) is 37.0 Å². The van der Waals surface area contributed by atoms with Gasteiger partial charge in [-0.1, -0.05) is 369 Å². The quantitative estimate of drug-likeness (QED) is 0.0222. The fourth-order valence-electron chi connectivity index (χ4n) is 12.3. The summed E-state index contributed by atoms with van der Waals surface area (Å²) in [5.41, 5.74) is 0. The van der Waals surface area contributed by atoms with Crippen LogP contribution in [0.1, 0.15) is 420 Å². The minimum absolute atomic E-state index is 0.107. The van der Waals surface area contributed by atoms with Gasteiger partial charge in [0.05, 0.1) is 26.4 Å². The van der Waals surface area contributed by atoms with Gasteiger partial charge in [-0.15, -0.1) is 0 Å². The zero-order valence-corrected chi connectivity index (χ0v) is 66.6. The predicted molar refractivity (Wildman–Crippen MR) is 405 cm³/mol. The van der Waals surface area contributed by atoms with Gasteiger partial charge in [-0.2, -0.15) is 0 Å². The maximum atomic E-state index is 13.1. The van der Waals surface area contributed by atoms with Crippen molar-refractivity contribution in [3.05, 3.63) is 0 Å². The predicted octanol–water partition coefficient (Wildman–Crippen LogP) is 23.9. The molecule has 0 bridgehead atoms. The molecule has 19 heteroatoms. The van der Waals surface area contributed by atoms with Crippen LogP contribution in [0.25, 0.3) is 0 Å². The van der Waals surface area contributed by atoms with E-state index in [0.29, 0.717) is 25.7 Å². The van der Waals surface area contributed by atoms with Crippen LogP contribution in [0.2, 0.25) is 0 Å². The van der Waals surface area contributed by atoms with Crippen molar-refractivity contribution in [3.8, 4) is 0 Å². The number of hydrogen-bond donors (Lipinski definition) is 3. The van der Waals surface area contributed by atoms with Gasteiger partial charge >= 0.3 is 39.5 Å². The summed E-state index contributed by atoms with van der Waals surface area (Å²) < 4.78 is 68.7. The van der Waals surface area contributed by atoms with Crippen LogP contribution in [-0.2, 0) is 65.4 Å². The van der Waals surface area contributed by atoms with Crippen LogP contribution in [0, 0.1) is 11.8 Å².